The van der Waals surface area contributed by atoms with Crippen molar-refractivity contribution in [3.63, 3.8) is 0 Å². The highest BCUT2D eigenvalue weighted by molar-refractivity contribution is 6.30. The van der Waals surface area contributed by atoms with Gasteiger partial charge in [-0.15, -0.1) is 0 Å². The Morgan fingerprint density at radius 3 is 2.69 bits per heavy atom. The van der Waals surface area contributed by atoms with E-state index in [0.29, 0.717) is 11.3 Å². The van der Waals surface area contributed by atoms with Gasteiger partial charge in [-0.1, -0.05) is 17.7 Å². The zero-order valence-electron chi connectivity index (χ0n) is 13.9. The Balaban J connectivity index is 1.44. The molecule has 26 heavy (non-hydrogen) atoms. The number of carbonyl (C=O) groups excluding carboxylic acids is 1. The smallest absolute Gasteiger partial charge is 0.271 e. The summed E-state index contributed by atoms with van der Waals surface area (Å²) in [6, 6.07) is 17.0. The van der Waals surface area contributed by atoms with Crippen molar-refractivity contribution in [2.75, 3.05) is 4.90 Å². The molecule has 4 rings (SSSR count). The number of amides is 1. The molecule has 1 aromatic heterocycles. The monoisotopic (exact) mass is 365 g/mol. The Hall–Kier alpha value is -3.05. The van der Waals surface area contributed by atoms with Gasteiger partial charge in [0.15, 0.2) is 0 Å². The molecule has 0 fully saturated rings. The van der Waals surface area contributed by atoms with Gasteiger partial charge in [0.25, 0.3) is 5.91 Å². The van der Waals surface area contributed by atoms with Crippen molar-refractivity contribution < 1.29 is 9.21 Å². The Labute approximate surface area is 155 Å². The Morgan fingerprint density at radius 1 is 1.12 bits per heavy atom. The lowest BCUT2D eigenvalue weighted by Gasteiger charge is -2.17. The van der Waals surface area contributed by atoms with Gasteiger partial charge in [0.1, 0.15) is 5.76 Å². The molecular weight excluding hydrogens is 350 g/mol. The molecule has 5 nitrogen and oxygen atoms in total. The lowest BCUT2D eigenvalue weighted by Crippen LogP contribution is -2.17. The third-order valence-electron chi connectivity index (χ3n) is 4.28. The van der Waals surface area contributed by atoms with Crippen LogP contribution in [0.1, 0.15) is 27.2 Å². The summed E-state index contributed by atoms with van der Waals surface area (Å²) in [5, 5.41) is 4.64. The number of hydrogen-bond acceptors (Lipinski definition) is 4. The van der Waals surface area contributed by atoms with Gasteiger partial charge < -0.3 is 9.32 Å². The number of nitrogens with zero attached hydrogens (tertiary/aromatic N) is 2. The van der Waals surface area contributed by atoms with Gasteiger partial charge in [-0.05, 0) is 59.7 Å². The van der Waals surface area contributed by atoms with Gasteiger partial charge in [-0.2, -0.15) is 5.10 Å². The molecule has 0 saturated heterocycles. The number of anilines is 1. The van der Waals surface area contributed by atoms with Crippen LogP contribution in [0.15, 0.2) is 70.4 Å². The van der Waals surface area contributed by atoms with Crippen molar-refractivity contribution in [1.29, 1.82) is 0 Å². The molecule has 1 amide bonds. The number of carbonyl (C=O) groups is 1. The molecule has 1 N–H and O–H groups in total. The van der Waals surface area contributed by atoms with E-state index in [1.807, 2.05) is 42.5 Å². The fourth-order valence-electron chi connectivity index (χ4n) is 2.95. The van der Waals surface area contributed by atoms with Crippen molar-refractivity contribution in [2.45, 2.75) is 13.1 Å². The van der Waals surface area contributed by atoms with Gasteiger partial charge in [0, 0.05) is 29.4 Å². The summed E-state index contributed by atoms with van der Waals surface area (Å²) < 4.78 is 5.13. The van der Waals surface area contributed by atoms with E-state index >= 15 is 0 Å². The molecule has 1 aliphatic heterocycles. The second kappa shape index (κ2) is 7.06. The van der Waals surface area contributed by atoms with E-state index in [9.17, 15) is 4.79 Å². The second-order valence-corrected chi connectivity index (χ2v) is 6.47. The van der Waals surface area contributed by atoms with Crippen LogP contribution in [0.2, 0.25) is 5.02 Å². The summed E-state index contributed by atoms with van der Waals surface area (Å²) in [4.78, 5) is 14.5. The number of rotatable bonds is 4. The predicted octanol–water partition coefficient (Wildman–Crippen LogP) is 4.22. The molecule has 0 aliphatic carbocycles. The van der Waals surface area contributed by atoms with Gasteiger partial charge in [0.05, 0.1) is 12.5 Å². The number of nitrogens with one attached hydrogen (secondary N) is 1. The number of fused-ring (bicyclic) bond motifs is 1. The maximum Gasteiger partial charge on any atom is 0.271 e. The molecule has 0 atom stereocenters. The van der Waals surface area contributed by atoms with Crippen LogP contribution in [0, 0.1) is 0 Å². The lowest BCUT2D eigenvalue weighted by molar-refractivity contribution is 0.0955. The number of hydrazone groups is 1. The van der Waals surface area contributed by atoms with E-state index in [1.54, 1.807) is 18.4 Å². The molecule has 2 aromatic carbocycles. The molecule has 0 saturated carbocycles. The summed E-state index contributed by atoms with van der Waals surface area (Å²) in [5.74, 6) is 0.332. The van der Waals surface area contributed by atoms with Crippen LogP contribution in [-0.4, -0.2) is 12.1 Å². The van der Waals surface area contributed by atoms with Gasteiger partial charge in [-0.3, -0.25) is 4.79 Å². The van der Waals surface area contributed by atoms with Crippen LogP contribution >= 0.6 is 11.6 Å². The topological polar surface area (TPSA) is 57.8 Å². The van der Waals surface area contributed by atoms with Crippen LogP contribution in [-0.2, 0) is 13.1 Å². The van der Waals surface area contributed by atoms with E-state index in [2.05, 4.69) is 15.4 Å². The molecule has 3 aromatic rings. The molecule has 0 spiro atoms. The zero-order chi connectivity index (χ0) is 17.9. The molecule has 0 bridgehead atoms. The maximum absolute atomic E-state index is 12.3. The summed E-state index contributed by atoms with van der Waals surface area (Å²) in [6.45, 7) is 1.57. The summed E-state index contributed by atoms with van der Waals surface area (Å²) >= 11 is 5.96. The molecular formula is C20H16ClN3O2. The normalized spacial score (nSPS) is 13.2. The summed E-state index contributed by atoms with van der Waals surface area (Å²) in [5.41, 5.74) is 6.57. The summed E-state index contributed by atoms with van der Waals surface area (Å²) in [7, 11) is 0. The number of furan rings is 1. The molecule has 2 heterocycles. The zero-order valence-corrected chi connectivity index (χ0v) is 14.6. The largest absolute Gasteiger partial charge is 0.463 e. The second-order valence-electron chi connectivity index (χ2n) is 6.03. The van der Waals surface area contributed by atoms with Crippen LogP contribution in [0.25, 0.3) is 0 Å². The Kier molecular flexibility index (Phi) is 4.46. The van der Waals surface area contributed by atoms with Crippen molar-refractivity contribution in [3.05, 3.63) is 88.3 Å². The van der Waals surface area contributed by atoms with Crippen molar-refractivity contribution in [1.82, 2.24) is 5.43 Å². The number of benzene rings is 2. The fraction of sp³-hybridized carbons (Fsp3) is 0.100. The Morgan fingerprint density at radius 2 is 1.92 bits per heavy atom. The van der Waals surface area contributed by atoms with Crippen molar-refractivity contribution in [2.24, 2.45) is 5.10 Å². The maximum atomic E-state index is 12.3. The van der Waals surface area contributed by atoms with Crippen molar-refractivity contribution in [3.8, 4) is 0 Å². The first-order valence-electron chi connectivity index (χ1n) is 8.18. The third kappa shape index (κ3) is 3.48. The van der Waals surface area contributed by atoms with E-state index in [0.717, 1.165) is 29.4 Å². The first-order chi connectivity index (χ1) is 12.7. The number of hydrogen-bond donors (Lipinski definition) is 1. The highest BCUT2D eigenvalue weighted by atomic mass is 35.5. The minimum absolute atomic E-state index is 0.249. The molecule has 1 aliphatic rings. The highest BCUT2D eigenvalue weighted by Crippen LogP contribution is 2.29. The molecule has 6 heteroatoms. The predicted molar refractivity (Wildman–Crippen MR) is 102 cm³/mol. The van der Waals surface area contributed by atoms with E-state index in [-0.39, 0.29) is 5.91 Å². The third-order valence-corrected chi connectivity index (χ3v) is 4.54. The van der Waals surface area contributed by atoms with Gasteiger partial charge >= 0.3 is 0 Å². The average molecular weight is 366 g/mol. The quantitative estimate of drug-likeness (QED) is 0.556. The fourth-order valence-corrected chi connectivity index (χ4v) is 3.08. The van der Waals surface area contributed by atoms with Gasteiger partial charge in [-0.25, -0.2) is 5.43 Å². The minimum Gasteiger partial charge on any atom is -0.463 e. The van der Waals surface area contributed by atoms with Crippen LogP contribution < -0.4 is 10.3 Å². The first kappa shape index (κ1) is 16.4. The van der Waals surface area contributed by atoms with E-state index < -0.39 is 0 Å². The van der Waals surface area contributed by atoms with E-state index in [4.69, 9.17) is 16.0 Å². The summed E-state index contributed by atoms with van der Waals surface area (Å²) in [6.07, 6.45) is 3.02. The van der Waals surface area contributed by atoms with Crippen molar-refractivity contribution >= 4 is 29.4 Å². The molecule has 0 unspecified atom stereocenters. The molecule has 130 valence electrons. The average Bonchev–Trinajstić information content (AvgIpc) is 3.31. The van der Waals surface area contributed by atoms with Gasteiger partial charge in [0.2, 0.25) is 0 Å². The molecule has 0 radical (unpaired) electrons. The standard InChI is InChI=1S/C20H16ClN3O2/c21-17-5-7-18(8-6-17)24-12-15-4-3-14(10-16(15)13-24)20(25)23-22-11-19-2-1-9-26-19/h1-11H,12-13H2,(H,23,25)/b22-11-. The lowest BCUT2D eigenvalue weighted by atomic mass is 10.1. The van der Waals surface area contributed by atoms with Crippen LogP contribution in [0.4, 0.5) is 5.69 Å². The van der Waals surface area contributed by atoms with Crippen LogP contribution in [0.3, 0.4) is 0 Å². The first-order valence-corrected chi connectivity index (χ1v) is 8.56. The minimum atomic E-state index is -0.249. The van der Waals surface area contributed by atoms with Crippen LogP contribution in [0.5, 0.6) is 0 Å². The SMILES string of the molecule is O=C(N/N=C\c1ccco1)c1ccc2c(c1)CN(c1ccc(Cl)cc1)C2. The number of halogens is 1. The van der Waals surface area contributed by atoms with E-state index in [1.165, 1.54) is 11.8 Å². The highest BCUT2D eigenvalue weighted by Gasteiger charge is 2.20. The Bertz CT molecular complexity index is 950.